The van der Waals surface area contributed by atoms with Crippen molar-refractivity contribution in [3.63, 3.8) is 0 Å². The number of anilines is 2. The molecule has 0 aliphatic heterocycles. The summed E-state index contributed by atoms with van der Waals surface area (Å²) in [6.45, 7) is 4.88. The van der Waals surface area contributed by atoms with Crippen molar-refractivity contribution in [2.45, 2.75) is 20.8 Å². The van der Waals surface area contributed by atoms with Crippen LogP contribution in [0.1, 0.15) is 19.4 Å². The number of amides is 2. The van der Waals surface area contributed by atoms with Gasteiger partial charge in [-0.05, 0) is 56.7 Å². The molecule has 0 saturated carbocycles. The maximum atomic E-state index is 13.2. The molecule has 2 aromatic carbocycles. The first-order valence-corrected chi connectivity index (χ1v) is 7.77. The Balaban J connectivity index is 2.16. The van der Waals surface area contributed by atoms with E-state index >= 15 is 0 Å². The molecule has 0 saturated heterocycles. The normalized spacial score (nSPS) is 10.9. The molecule has 0 spiro atoms. The molecule has 0 unspecified atom stereocenters. The lowest BCUT2D eigenvalue weighted by Gasteiger charge is -2.23. The van der Waals surface area contributed by atoms with Gasteiger partial charge in [-0.3, -0.25) is 9.59 Å². The van der Waals surface area contributed by atoms with Crippen molar-refractivity contribution in [2.75, 3.05) is 17.7 Å². The summed E-state index contributed by atoms with van der Waals surface area (Å²) in [7, 11) is 1.50. The number of methoxy groups -OCH3 is 1. The van der Waals surface area contributed by atoms with Crippen LogP contribution in [0.3, 0.4) is 0 Å². The van der Waals surface area contributed by atoms with E-state index in [1.54, 1.807) is 18.2 Å². The van der Waals surface area contributed by atoms with E-state index in [1.165, 1.54) is 39.2 Å². The standard InChI is InChI=1S/C19H21FN2O3/c1-12-8-9-16(25-4)15(10-12)22-18(24)19(2,3)17(23)21-14-7-5-6-13(20)11-14/h5-11H,1-4H3,(H,21,23)(H,22,24). The predicted octanol–water partition coefficient (Wildman–Crippen LogP) is 3.75. The summed E-state index contributed by atoms with van der Waals surface area (Å²) in [6.07, 6.45) is 0. The van der Waals surface area contributed by atoms with Crippen LogP contribution < -0.4 is 15.4 Å². The minimum atomic E-state index is -1.37. The fourth-order valence-corrected chi connectivity index (χ4v) is 2.15. The molecule has 0 fully saturated rings. The molecule has 0 heterocycles. The van der Waals surface area contributed by atoms with E-state index in [0.29, 0.717) is 17.1 Å². The maximum Gasteiger partial charge on any atom is 0.239 e. The molecule has 6 heteroatoms. The Morgan fingerprint density at radius 1 is 1.04 bits per heavy atom. The van der Waals surface area contributed by atoms with Gasteiger partial charge in [0.05, 0.1) is 12.8 Å². The van der Waals surface area contributed by atoms with Crippen LogP contribution >= 0.6 is 0 Å². The maximum absolute atomic E-state index is 13.2. The highest BCUT2D eigenvalue weighted by Gasteiger charge is 2.36. The molecular weight excluding hydrogens is 323 g/mol. The largest absolute Gasteiger partial charge is 0.495 e. The Hall–Kier alpha value is -2.89. The van der Waals surface area contributed by atoms with Gasteiger partial charge in [-0.15, -0.1) is 0 Å². The Kier molecular flexibility index (Phi) is 5.41. The third-order valence-corrected chi connectivity index (χ3v) is 3.82. The number of carbonyl (C=O) groups excluding carboxylic acids is 2. The summed E-state index contributed by atoms with van der Waals surface area (Å²) in [4.78, 5) is 25.1. The summed E-state index contributed by atoms with van der Waals surface area (Å²) >= 11 is 0. The van der Waals surface area contributed by atoms with Crippen molar-refractivity contribution in [2.24, 2.45) is 5.41 Å². The van der Waals surface area contributed by atoms with Crippen LogP contribution in [-0.4, -0.2) is 18.9 Å². The van der Waals surface area contributed by atoms with Crippen molar-refractivity contribution < 1.29 is 18.7 Å². The van der Waals surface area contributed by atoms with Gasteiger partial charge in [0.25, 0.3) is 0 Å². The van der Waals surface area contributed by atoms with E-state index in [-0.39, 0.29) is 0 Å². The number of hydrogen-bond donors (Lipinski definition) is 2. The number of rotatable bonds is 5. The van der Waals surface area contributed by atoms with E-state index in [2.05, 4.69) is 10.6 Å². The second-order valence-corrected chi connectivity index (χ2v) is 6.25. The Labute approximate surface area is 146 Å². The van der Waals surface area contributed by atoms with Crippen molar-refractivity contribution >= 4 is 23.2 Å². The molecule has 5 nitrogen and oxygen atoms in total. The van der Waals surface area contributed by atoms with Gasteiger partial charge in [-0.2, -0.15) is 0 Å². The van der Waals surface area contributed by atoms with Crippen LogP contribution in [-0.2, 0) is 9.59 Å². The number of benzene rings is 2. The molecule has 2 N–H and O–H groups in total. The molecule has 2 aromatic rings. The minimum absolute atomic E-state index is 0.291. The smallest absolute Gasteiger partial charge is 0.239 e. The van der Waals surface area contributed by atoms with Crippen molar-refractivity contribution in [1.82, 2.24) is 0 Å². The first-order valence-electron chi connectivity index (χ1n) is 7.77. The van der Waals surface area contributed by atoms with Gasteiger partial charge < -0.3 is 15.4 Å². The number of halogens is 1. The molecule has 0 aliphatic carbocycles. The van der Waals surface area contributed by atoms with Gasteiger partial charge >= 0.3 is 0 Å². The highest BCUT2D eigenvalue weighted by molar-refractivity contribution is 6.14. The zero-order valence-electron chi connectivity index (χ0n) is 14.6. The second-order valence-electron chi connectivity index (χ2n) is 6.25. The third kappa shape index (κ3) is 4.35. The highest BCUT2D eigenvalue weighted by Crippen LogP contribution is 2.28. The molecule has 2 rings (SSSR count). The summed E-state index contributed by atoms with van der Waals surface area (Å²) in [5.41, 5.74) is 0.345. The van der Waals surface area contributed by atoms with Crippen LogP contribution in [0.4, 0.5) is 15.8 Å². The number of ether oxygens (including phenoxy) is 1. The lowest BCUT2D eigenvalue weighted by Crippen LogP contribution is -2.41. The first kappa shape index (κ1) is 18.4. The van der Waals surface area contributed by atoms with E-state index in [4.69, 9.17) is 4.74 Å². The molecule has 25 heavy (non-hydrogen) atoms. The molecule has 0 aromatic heterocycles. The van der Waals surface area contributed by atoms with Crippen molar-refractivity contribution in [1.29, 1.82) is 0 Å². The molecule has 0 bridgehead atoms. The van der Waals surface area contributed by atoms with Crippen LogP contribution in [0.15, 0.2) is 42.5 Å². The summed E-state index contributed by atoms with van der Waals surface area (Å²) in [5, 5.41) is 5.28. The van der Waals surface area contributed by atoms with E-state index in [9.17, 15) is 14.0 Å². The molecule has 0 atom stereocenters. The molecule has 0 aliphatic rings. The Bertz CT molecular complexity index is 803. The topological polar surface area (TPSA) is 67.4 Å². The lowest BCUT2D eigenvalue weighted by atomic mass is 9.90. The minimum Gasteiger partial charge on any atom is -0.495 e. The van der Waals surface area contributed by atoms with Gasteiger partial charge in [0, 0.05) is 5.69 Å². The zero-order chi connectivity index (χ0) is 18.6. The Morgan fingerprint density at radius 2 is 1.72 bits per heavy atom. The van der Waals surface area contributed by atoms with E-state index in [1.807, 2.05) is 13.0 Å². The van der Waals surface area contributed by atoms with Crippen LogP contribution in [0, 0.1) is 18.2 Å². The number of nitrogens with one attached hydrogen (secondary N) is 2. The fraction of sp³-hybridized carbons (Fsp3) is 0.263. The summed E-state index contributed by atoms with van der Waals surface area (Å²) in [5.74, 6) is -1.00. The predicted molar refractivity (Wildman–Crippen MR) is 95.2 cm³/mol. The quantitative estimate of drug-likeness (QED) is 0.812. The van der Waals surface area contributed by atoms with E-state index in [0.717, 1.165) is 5.56 Å². The molecule has 0 radical (unpaired) electrons. The second kappa shape index (κ2) is 7.34. The van der Waals surface area contributed by atoms with E-state index < -0.39 is 23.0 Å². The van der Waals surface area contributed by atoms with Gasteiger partial charge in [0.15, 0.2) is 0 Å². The first-order chi connectivity index (χ1) is 11.7. The summed E-state index contributed by atoms with van der Waals surface area (Å²) < 4.78 is 18.5. The third-order valence-electron chi connectivity index (χ3n) is 3.82. The van der Waals surface area contributed by atoms with Crippen LogP contribution in [0.5, 0.6) is 5.75 Å². The molecular formula is C19H21FN2O3. The zero-order valence-corrected chi connectivity index (χ0v) is 14.6. The number of carbonyl (C=O) groups is 2. The van der Waals surface area contributed by atoms with Crippen molar-refractivity contribution in [3.8, 4) is 5.75 Å². The Morgan fingerprint density at radius 3 is 2.36 bits per heavy atom. The SMILES string of the molecule is COc1ccc(C)cc1NC(=O)C(C)(C)C(=O)Nc1cccc(F)c1. The van der Waals surface area contributed by atoms with Crippen molar-refractivity contribution in [3.05, 3.63) is 53.8 Å². The van der Waals surface area contributed by atoms with Crippen LogP contribution in [0.2, 0.25) is 0 Å². The fourth-order valence-electron chi connectivity index (χ4n) is 2.15. The number of aryl methyl sites for hydroxylation is 1. The highest BCUT2D eigenvalue weighted by atomic mass is 19.1. The van der Waals surface area contributed by atoms with Gasteiger partial charge in [-0.25, -0.2) is 4.39 Å². The van der Waals surface area contributed by atoms with Gasteiger partial charge in [0.2, 0.25) is 11.8 Å². The number of hydrogen-bond acceptors (Lipinski definition) is 3. The van der Waals surface area contributed by atoms with Crippen LogP contribution in [0.25, 0.3) is 0 Å². The molecule has 2 amide bonds. The lowest BCUT2D eigenvalue weighted by molar-refractivity contribution is -0.135. The monoisotopic (exact) mass is 344 g/mol. The molecule has 132 valence electrons. The average molecular weight is 344 g/mol. The van der Waals surface area contributed by atoms with Gasteiger partial charge in [0.1, 0.15) is 17.0 Å². The summed E-state index contributed by atoms with van der Waals surface area (Å²) in [6, 6.07) is 10.9. The van der Waals surface area contributed by atoms with Gasteiger partial charge in [-0.1, -0.05) is 12.1 Å². The average Bonchev–Trinajstić information content (AvgIpc) is 2.55.